The van der Waals surface area contributed by atoms with E-state index in [0.29, 0.717) is 18.0 Å². The third kappa shape index (κ3) is 5.17. The van der Waals surface area contributed by atoms with E-state index >= 15 is 0 Å². The summed E-state index contributed by atoms with van der Waals surface area (Å²) in [5, 5.41) is 4.41. The van der Waals surface area contributed by atoms with Crippen LogP contribution in [0.25, 0.3) is 0 Å². The minimum absolute atomic E-state index is 0.176. The van der Waals surface area contributed by atoms with Crippen molar-refractivity contribution in [3.8, 4) is 11.5 Å². The van der Waals surface area contributed by atoms with Gasteiger partial charge in [0.05, 0.1) is 19.8 Å². The van der Waals surface area contributed by atoms with Gasteiger partial charge in [0.2, 0.25) is 0 Å². The fraction of sp³-hybridized carbons (Fsp3) is 0.400. The molecule has 0 unspecified atom stereocenters. The van der Waals surface area contributed by atoms with E-state index < -0.39 is 24.5 Å². The molecule has 1 aromatic carbocycles. The number of nitrogens with one attached hydrogen (secondary N) is 2. The molecule has 0 aromatic heterocycles. The molecule has 0 aliphatic carbocycles. The summed E-state index contributed by atoms with van der Waals surface area (Å²) >= 11 is 0. The van der Waals surface area contributed by atoms with Crippen LogP contribution in [0.15, 0.2) is 12.1 Å². The highest BCUT2D eigenvalue weighted by Crippen LogP contribution is 2.29. The number of carbonyl (C=O) groups is 3. The van der Waals surface area contributed by atoms with E-state index in [0.717, 1.165) is 5.56 Å². The maximum atomic E-state index is 12.0. The van der Waals surface area contributed by atoms with E-state index in [1.165, 1.54) is 26.4 Å². The number of esters is 1. The van der Waals surface area contributed by atoms with Crippen LogP contribution in [0.2, 0.25) is 0 Å². The van der Waals surface area contributed by atoms with Gasteiger partial charge in [-0.1, -0.05) is 0 Å². The summed E-state index contributed by atoms with van der Waals surface area (Å²) < 4.78 is 15.2. The zero-order chi connectivity index (χ0) is 17.4. The second kappa shape index (κ2) is 8.62. The topological polar surface area (TPSA) is 103 Å². The fourth-order valence-electron chi connectivity index (χ4n) is 1.79. The van der Waals surface area contributed by atoms with Crippen LogP contribution in [-0.4, -0.2) is 45.3 Å². The Kier molecular flexibility index (Phi) is 6.85. The van der Waals surface area contributed by atoms with Crippen LogP contribution in [0.5, 0.6) is 11.5 Å². The molecule has 2 N–H and O–H groups in total. The van der Waals surface area contributed by atoms with Gasteiger partial charge in [0.1, 0.15) is 11.5 Å². The molecule has 0 atom stereocenters. The molecule has 1 aromatic rings. The van der Waals surface area contributed by atoms with E-state index in [1.807, 2.05) is 5.32 Å². The first-order valence-electron chi connectivity index (χ1n) is 6.90. The van der Waals surface area contributed by atoms with Gasteiger partial charge in [0, 0.05) is 12.1 Å². The molecular formula is C15H20N2O6. The summed E-state index contributed by atoms with van der Waals surface area (Å²) in [6.45, 7) is 3.30. The monoisotopic (exact) mass is 324 g/mol. The number of urea groups is 1. The molecule has 126 valence electrons. The van der Waals surface area contributed by atoms with Crippen LogP contribution in [0.4, 0.5) is 4.79 Å². The molecule has 0 spiro atoms. The van der Waals surface area contributed by atoms with Crippen molar-refractivity contribution in [2.24, 2.45) is 0 Å². The zero-order valence-electron chi connectivity index (χ0n) is 13.5. The van der Waals surface area contributed by atoms with Crippen molar-refractivity contribution in [3.63, 3.8) is 0 Å². The Morgan fingerprint density at radius 3 is 2.13 bits per heavy atom. The molecule has 0 heterocycles. The van der Waals surface area contributed by atoms with Crippen molar-refractivity contribution in [3.05, 3.63) is 23.3 Å². The molecular weight excluding hydrogens is 304 g/mol. The molecule has 0 radical (unpaired) electrons. The third-order valence-corrected chi connectivity index (χ3v) is 2.91. The second-order valence-electron chi connectivity index (χ2n) is 4.49. The Morgan fingerprint density at radius 2 is 1.65 bits per heavy atom. The van der Waals surface area contributed by atoms with E-state index in [9.17, 15) is 14.4 Å². The van der Waals surface area contributed by atoms with Crippen LogP contribution in [-0.2, 0) is 9.53 Å². The molecule has 0 fully saturated rings. The molecule has 0 saturated carbocycles. The van der Waals surface area contributed by atoms with Gasteiger partial charge < -0.3 is 19.5 Å². The lowest BCUT2D eigenvalue weighted by Gasteiger charge is -2.12. The van der Waals surface area contributed by atoms with Gasteiger partial charge in [-0.2, -0.15) is 0 Å². The van der Waals surface area contributed by atoms with Crippen LogP contribution in [0.3, 0.4) is 0 Å². The SMILES string of the molecule is CCNC(=O)NC(=O)COC(=O)c1cc(OC)c(C)c(OC)c1. The Hall–Kier alpha value is -2.77. The highest BCUT2D eigenvalue weighted by molar-refractivity contribution is 5.97. The van der Waals surface area contributed by atoms with Gasteiger partial charge in [-0.05, 0) is 26.0 Å². The minimum Gasteiger partial charge on any atom is -0.496 e. The largest absolute Gasteiger partial charge is 0.496 e. The van der Waals surface area contributed by atoms with Crippen molar-refractivity contribution in [2.75, 3.05) is 27.4 Å². The second-order valence-corrected chi connectivity index (χ2v) is 4.49. The normalized spacial score (nSPS) is 9.74. The van der Waals surface area contributed by atoms with Crippen LogP contribution in [0, 0.1) is 6.92 Å². The van der Waals surface area contributed by atoms with Gasteiger partial charge in [0.25, 0.3) is 5.91 Å². The lowest BCUT2D eigenvalue weighted by molar-refractivity contribution is -0.123. The predicted molar refractivity (Wildman–Crippen MR) is 81.8 cm³/mol. The first-order valence-corrected chi connectivity index (χ1v) is 6.90. The van der Waals surface area contributed by atoms with Crippen LogP contribution < -0.4 is 20.1 Å². The predicted octanol–water partition coefficient (Wildman–Crippen LogP) is 1.01. The van der Waals surface area contributed by atoms with E-state index in [4.69, 9.17) is 14.2 Å². The summed E-state index contributed by atoms with van der Waals surface area (Å²) in [6, 6.07) is 2.33. The van der Waals surface area contributed by atoms with Crippen molar-refractivity contribution in [1.29, 1.82) is 0 Å². The number of amides is 3. The standard InChI is InChI=1S/C15H20N2O6/c1-5-16-15(20)17-13(18)8-23-14(19)10-6-11(21-3)9(2)12(7-10)22-4/h6-7H,5,8H2,1-4H3,(H2,16,17,18,20). The lowest BCUT2D eigenvalue weighted by Crippen LogP contribution is -2.41. The van der Waals surface area contributed by atoms with Gasteiger partial charge >= 0.3 is 12.0 Å². The van der Waals surface area contributed by atoms with E-state index in [2.05, 4.69) is 5.32 Å². The summed E-state index contributed by atoms with van der Waals surface area (Å²) in [6.07, 6.45) is 0. The third-order valence-electron chi connectivity index (χ3n) is 2.91. The Labute approximate surface area is 134 Å². The van der Waals surface area contributed by atoms with E-state index in [-0.39, 0.29) is 5.56 Å². The summed E-state index contributed by atoms with van der Waals surface area (Å²) in [5.74, 6) is -0.533. The molecule has 1 rings (SSSR count). The summed E-state index contributed by atoms with van der Waals surface area (Å²) in [5.41, 5.74) is 0.913. The zero-order valence-corrected chi connectivity index (χ0v) is 13.5. The number of ether oxygens (including phenoxy) is 3. The molecule has 8 nitrogen and oxygen atoms in total. The minimum atomic E-state index is -0.729. The lowest BCUT2D eigenvalue weighted by atomic mass is 10.1. The first kappa shape index (κ1) is 18.3. The number of imide groups is 1. The number of benzene rings is 1. The van der Waals surface area contributed by atoms with E-state index in [1.54, 1.807) is 13.8 Å². The Bertz CT molecular complexity index is 575. The van der Waals surface area contributed by atoms with Crippen molar-refractivity contribution in [1.82, 2.24) is 10.6 Å². The number of hydrogen-bond donors (Lipinski definition) is 2. The Balaban J connectivity index is 2.71. The van der Waals surface area contributed by atoms with Gasteiger partial charge in [-0.15, -0.1) is 0 Å². The van der Waals surface area contributed by atoms with Crippen LogP contribution >= 0.6 is 0 Å². The maximum Gasteiger partial charge on any atom is 0.338 e. The smallest absolute Gasteiger partial charge is 0.338 e. The van der Waals surface area contributed by atoms with Gasteiger partial charge in [-0.3, -0.25) is 10.1 Å². The fourth-order valence-corrected chi connectivity index (χ4v) is 1.79. The van der Waals surface area contributed by atoms with Crippen molar-refractivity contribution >= 4 is 17.9 Å². The molecule has 3 amide bonds. The average Bonchev–Trinajstić information content (AvgIpc) is 2.52. The number of rotatable bonds is 6. The molecule has 0 aliphatic rings. The molecule has 8 heteroatoms. The molecule has 23 heavy (non-hydrogen) atoms. The highest BCUT2D eigenvalue weighted by atomic mass is 16.5. The Morgan fingerprint density at radius 1 is 1.09 bits per heavy atom. The number of methoxy groups -OCH3 is 2. The highest BCUT2D eigenvalue weighted by Gasteiger charge is 2.16. The first-order chi connectivity index (χ1) is 10.9. The average molecular weight is 324 g/mol. The summed E-state index contributed by atoms with van der Waals surface area (Å²) in [7, 11) is 2.94. The van der Waals surface area contributed by atoms with Gasteiger partial charge in [0.15, 0.2) is 6.61 Å². The maximum absolute atomic E-state index is 12.0. The van der Waals surface area contributed by atoms with Crippen molar-refractivity contribution < 1.29 is 28.6 Å². The molecule has 0 bridgehead atoms. The van der Waals surface area contributed by atoms with Gasteiger partial charge in [-0.25, -0.2) is 9.59 Å². The van der Waals surface area contributed by atoms with Crippen LogP contribution in [0.1, 0.15) is 22.8 Å². The summed E-state index contributed by atoms with van der Waals surface area (Å²) in [4.78, 5) is 34.6. The number of hydrogen-bond acceptors (Lipinski definition) is 6. The quantitative estimate of drug-likeness (QED) is 0.757. The molecule has 0 saturated heterocycles. The van der Waals surface area contributed by atoms with Crippen molar-refractivity contribution in [2.45, 2.75) is 13.8 Å². The number of carbonyl (C=O) groups excluding carboxylic acids is 3. The molecule has 0 aliphatic heterocycles.